The summed E-state index contributed by atoms with van der Waals surface area (Å²) in [6.07, 6.45) is -1.88. The lowest BCUT2D eigenvalue weighted by Crippen LogP contribution is -2.43. The molecule has 2 atom stereocenters. The number of aromatic nitrogens is 2. The van der Waals surface area contributed by atoms with Gasteiger partial charge in [0.15, 0.2) is 6.10 Å². The first kappa shape index (κ1) is 26.4. The first-order valence-electron chi connectivity index (χ1n) is 10.8. The van der Waals surface area contributed by atoms with Gasteiger partial charge in [0.05, 0.1) is 10.6 Å². The highest BCUT2D eigenvalue weighted by atomic mass is 19.1. The Labute approximate surface area is 205 Å². The van der Waals surface area contributed by atoms with E-state index in [1.165, 1.54) is 23.7 Å². The van der Waals surface area contributed by atoms with Crippen LogP contribution in [0.4, 0.5) is 20.3 Å². The molecule has 0 bridgehead atoms. The number of anilines is 1. The van der Waals surface area contributed by atoms with Crippen LogP contribution in [0.15, 0.2) is 48.5 Å². The summed E-state index contributed by atoms with van der Waals surface area (Å²) >= 11 is 0. The van der Waals surface area contributed by atoms with Crippen LogP contribution in [0.5, 0.6) is 0 Å². The molecule has 0 aliphatic heterocycles. The van der Waals surface area contributed by atoms with Crippen LogP contribution in [-0.4, -0.2) is 37.7 Å². The van der Waals surface area contributed by atoms with Crippen LogP contribution in [0.3, 0.4) is 0 Å². The highest BCUT2D eigenvalue weighted by molar-refractivity contribution is 5.97. The van der Waals surface area contributed by atoms with E-state index in [4.69, 9.17) is 0 Å². The van der Waals surface area contributed by atoms with Crippen molar-refractivity contribution in [2.24, 2.45) is 7.05 Å². The lowest BCUT2D eigenvalue weighted by Gasteiger charge is -2.22. The number of non-ortho nitro benzene ring substituents is 1. The monoisotopic (exact) mass is 501 g/mol. The molecule has 3 N–H and O–H groups in total. The summed E-state index contributed by atoms with van der Waals surface area (Å²) in [7, 11) is 1.61. The summed E-state index contributed by atoms with van der Waals surface area (Å²) in [6.45, 7) is 5.13. The smallest absolute Gasteiger partial charge is 0.269 e. The number of halogens is 2. The molecule has 12 heteroatoms. The van der Waals surface area contributed by atoms with Gasteiger partial charge in [-0.1, -0.05) is 26.0 Å². The highest BCUT2D eigenvalue weighted by Crippen LogP contribution is 2.32. The van der Waals surface area contributed by atoms with Crippen LogP contribution < -0.4 is 10.6 Å². The zero-order valence-corrected chi connectivity index (χ0v) is 20.0. The van der Waals surface area contributed by atoms with Gasteiger partial charge in [-0.25, -0.2) is 8.78 Å². The van der Waals surface area contributed by atoms with Crippen LogP contribution in [0.2, 0.25) is 0 Å². The average molecular weight is 501 g/mol. The maximum absolute atomic E-state index is 13.4. The molecular formula is C24H25F2N5O5. The minimum atomic E-state index is -1.88. The summed E-state index contributed by atoms with van der Waals surface area (Å²) in [5.74, 6) is -3.22. The van der Waals surface area contributed by atoms with Gasteiger partial charge in [0, 0.05) is 36.7 Å². The second-order valence-corrected chi connectivity index (χ2v) is 8.79. The van der Waals surface area contributed by atoms with Crippen molar-refractivity contribution in [1.82, 2.24) is 15.1 Å². The Morgan fingerprint density at radius 2 is 1.67 bits per heavy atom. The minimum Gasteiger partial charge on any atom is -0.378 e. The molecule has 3 rings (SSSR count). The molecule has 0 fully saturated rings. The number of hydrogen-bond acceptors (Lipinski definition) is 6. The Bertz CT molecular complexity index is 1290. The maximum Gasteiger partial charge on any atom is 0.269 e. The van der Waals surface area contributed by atoms with Crippen LogP contribution >= 0.6 is 0 Å². The minimum absolute atomic E-state index is 0.0350. The molecule has 1 heterocycles. The Morgan fingerprint density at radius 1 is 1.08 bits per heavy atom. The molecule has 0 saturated carbocycles. The SMILES string of the molecule is C[C@H](NC(=O)[C@@H](O)c1cc(F)cc(F)c1)C(=O)Nc1cc(C(C)(C)c2ccc([N+](=O)[O-])cc2)nn1C. The fourth-order valence-electron chi connectivity index (χ4n) is 3.51. The van der Waals surface area contributed by atoms with E-state index in [0.717, 1.165) is 17.7 Å². The number of hydrogen-bond donors (Lipinski definition) is 3. The number of amides is 2. The molecule has 1 aromatic heterocycles. The molecule has 190 valence electrons. The van der Waals surface area contributed by atoms with Crippen LogP contribution in [-0.2, 0) is 22.1 Å². The van der Waals surface area contributed by atoms with Crippen molar-refractivity contribution >= 4 is 23.3 Å². The van der Waals surface area contributed by atoms with Crippen LogP contribution in [0.25, 0.3) is 0 Å². The molecule has 0 unspecified atom stereocenters. The fraction of sp³-hybridized carbons (Fsp3) is 0.292. The summed E-state index contributed by atoms with van der Waals surface area (Å²) in [5, 5.41) is 30.4. The normalized spacial score (nSPS) is 13.1. The number of carbonyl (C=O) groups is 2. The number of rotatable bonds is 8. The zero-order chi connectivity index (χ0) is 26.8. The van der Waals surface area contributed by atoms with Crippen molar-refractivity contribution < 1.29 is 28.4 Å². The number of nitrogens with zero attached hydrogens (tertiary/aromatic N) is 3. The Hall–Kier alpha value is -4.19. The lowest BCUT2D eigenvalue weighted by atomic mass is 9.81. The second kappa shape index (κ2) is 10.2. The summed E-state index contributed by atoms with van der Waals surface area (Å²) in [6, 6.07) is 8.86. The largest absolute Gasteiger partial charge is 0.378 e. The number of aryl methyl sites for hydroxylation is 1. The number of aliphatic hydroxyl groups excluding tert-OH is 1. The van der Waals surface area contributed by atoms with Gasteiger partial charge in [-0.15, -0.1) is 0 Å². The number of nitro benzene ring substituents is 1. The molecule has 0 aliphatic carbocycles. The van der Waals surface area contributed by atoms with Gasteiger partial charge in [0.2, 0.25) is 5.91 Å². The average Bonchev–Trinajstić information content (AvgIpc) is 3.18. The quantitative estimate of drug-likeness (QED) is 0.320. The molecule has 2 aromatic carbocycles. The number of nitrogens with one attached hydrogen (secondary N) is 2. The third kappa shape index (κ3) is 5.71. The van der Waals surface area contributed by atoms with Crippen molar-refractivity contribution in [3.05, 3.63) is 87.1 Å². The summed E-state index contributed by atoms with van der Waals surface area (Å²) < 4.78 is 28.2. The Morgan fingerprint density at radius 3 is 2.22 bits per heavy atom. The topological polar surface area (TPSA) is 139 Å². The van der Waals surface area contributed by atoms with Crippen molar-refractivity contribution in [2.75, 3.05) is 5.32 Å². The fourth-order valence-corrected chi connectivity index (χ4v) is 3.51. The lowest BCUT2D eigenvalue weighted by molar-refractivity contribution is -0.384. The van der Waals surface area contributed by atoms with Crippen molar-refractivity contribution in [3.8, 4) is 0 Å². The number of aliphatic hydroxyl groups is 1. The highest BCUT2D eigenvalue weighted by Gasteiger charge is 2.29. The van der Waals surface area contributed by atoms with E-state index >= 15 is 0 Å². The van der Waals surface area contributed by atoms with Crippen molar-refractivity contribution in [3.63, 3.8) is 0 Å². The molecule has 3 aromatic rings. The Balaban J connectivity index is 1.69. The van der Waals surface area contributed by atoms with Crippen molar-refractivity contribution in [2.45, 2.75) is 38.3 Å². The van der Waals surface area contributed by atoms with E-state index in [0.29, 0.717) is 17.6 Å². The molecular weight excluding hydrogens is 476 g/mol. The molecule has 10 nitrogen and oxygen atoms in total. The molecule has 0 aliphatic rings. The van der Waals surface area contributed by atoms with E-state index in [9.17, 15) is 33.6 Å². The molecule has 0 spiro atoms. The maximum atomic E-state index is 13.4. The van der Waals surface area contributed by atoms with Gasteiger partial charge in [-0.05, 0) is 30.2 Å². The summed E-state index contributed by atoms with van der Waals surface area (Å²) in [4.78, 5) is 35.4. The molecule has 36 heavy (non-hydrogen) atoms. The van der Waals surface area contributed by atoms with Gasteiger partial charge >= 0.3 is 0 Å². The Kier molecular flexibility index (Phi) is 7.48. The van der Waals surface area contributed by atoms with E-state index < -0.39 is 45.9 Å². The standard InChI is InChI=1S/C24H25F2N5O5/c1-13(27-23(34)21(32)14-9-16(25)11-17(26)10-14)22(33)28-20-12-19(29-30(20)4)24(2,3)15-5-7-18(8-6-15)31(35)36/h5-13,21,32H,1-4H3,(H,27,34)(H,28,33)/t13-,21-/m0/s1. The first-order chi connectivity index (χ1) is 16.8. The van der Waals surface area contributed by atoms with E-state index in [2.05, 4.69) is 15.7 Å². The van der Waals surface area contributed by atoms with E-state index in [-0.39, 0.29) is 11.3 Å². The molecule has 0 saturated heterocycles. The molecule has 0 radical (unpaired) electrons. The number of carbonyl (C=O) groups excluding carboxylic acids is 2. The summed E-state index contributed by atoms with van der Waals surface area (Å²) in [5.41, 5.74) is 0.372. The van der Waals surface area contributed by atoms with Gasteiger partial charge < -0.3 is 15.7 Å². The molecule has 2 amide bonds. The van der Waals surface area contributed by atoms with E-state index in [1.807, 2.05) is 13.8 Å². The number of benzene rings is 2. The third-order valence-corrected chi connectivity index (χ3v) is 5.77. The predicted molar refractivity (Wildman–Crippen MR) is 126 cm³/mol. The van der Waals surface area contributed by atoms with E-state index in [1.54, 1.807) is 25.2 Å². The predicted octanol–water partition coefficient (Wildman–Crippen LogP) is 3.11. The van der Waals surface area contributed by atoms with Gasteiger partial charge in [-0.2, -0.15) is 5.10 Å². The first-order valence-corrected chi connectivity index (χ1v) is 10.8. The second-order valence-electron chi connectivity index (χ2n) is 8.79. The van der Waals surface area contributed by atoms with Gasteiger partial charge in [-0.3, -0.25) is 24.4 Å². The van der Waals surface area contributed by atoms with Gasteiger partial charge in [0.25, 0.3) is 11.6 Å². The van der Waals surface area contributed by atoms with Crippen LogP contribution in [0, 0.1) is 21.7 Å². The van der Waals surface area contributed by atoms with Gasteiger partial charge in [0.1, 0.15) is 23.5 Å². The number of nitro groups is 1. The van der Waals surface area contributed by atoms with Crippen LogP contribution in [0.1, 0.15) is 43.7 Å². The third-order valence-electron chi connectivity index (χ3n) is 5.77. The van der Waals surface area contributed by atoms with Crippen molar-refractivity contribution in [1.29, 1.82) is 0 Å². The zero-order valence-electron chi connectivity index (χ0n) is 20.0.